The van der Waals surface area contributed by atoms with Gasteiger partial charge >= 0.3 is 0 Å². The monoisotopic (exact) mass is 239 g/mol. The Morgan fingerprint density at radius 3 is 2.76 bits per heavy atom. The van der Waals surface area contributed by atoms with Gasteiger partial charge in [-0.15, -0.1) is 6.42 Å². The van der Waals surface area contributed by atoms with Crippen LogP contribution < -0.4 is 10.6 Å². The lowest BCUT2D eigenvalue weighted by Crippen LogP contribution is -2.37. The average Bonchev–Trinajstić information content (AvgIpc) is 2.29. The van der Waals surface area contributed by atoms with Crippen LogP contribution in [0.1, 0.15) is 27.2 Å². The summed E-state index contributed by atoms with van der Waals surface area (Å²) < 4.78 is 5.48. The Kier molecular flexibility index (Phi) is 10.5. The Morgan fingerprint density at radius 1 is 1.41 bits per heavy atom. The van der Waals surface area contributed by atoms with Crippen LogP contribution in [-0.4, -0.2) is 38.8 Å². The molecule has 0 bridgehead atoms. The number of hydrogen-bond donors (Lipinski definition) is 2. The molecular formula is C13H25N3O. The van der Waals surface area contributed by atoms with Gasteiger partial charge in [0.15, 0.2) is 5.96 Å². The van der Waals surface area contributed by atoms with E-state index in [1.54, 1.807) is 0 Å². The zero-order chi connectivity index (χ0) is 12.9. The van der Waals surface area contributed by atoms with Crippen molar-refractivity contribution in [2.24, 2.45) is 10.9 Å². The molecular weight excluding hydrogens is 214 g/mol. The van der Waals surface area contributed by atoms with Gasteiger partial charge in [0, 0.05) is 26.3 Å². The fourth-order valence-electron chi connectivity index (χ4n) is 1.15. The van der Waals surface area contributed by atoms with Crippen LogP contribution in [0, 0.1) is 18.3 Å². The fourth-order valence-corrected chi connectivity index (χ4v) is 1.15. The van der Waals surface area contributed by atoms with Gasteiger partial charge in [0.05, 0.1) is 6.54 Å². The Morgan fingerprint density at radius 2 is 2.18 bits per heavy atom. The molecule has 0 heterocycles. The van der Waals surface area contributed by atoms with Gasteiger partial charge in [-0.1, -0.05) is 19.8 Å². The predicted octanol–water partition coefficient (Wildman–Crippen LogP) is 1.24. The van der Waals surface area contributed by atoms with Gasteiger partial charge in [-0.25, -0.2) is 0 Å². The van der Waals surface area contributed by atoms with E-state index in [1.807, 2.05) is 6.92 Å². The number of aliphatic imine (C=N–C) groups is 1. The molecule has 2 N–H and O–H groups in total. The number of rotatable bonds is 8. The van der Waals surface area contributed by atoms with Crippen LogP contribution in [0.2, 0.25) is 0 Å². The first-order valence-corrected chi connectivity index (χ1v) is 6.24. The maximum absolute atomic E-state index is 5.48. The third-order valence-corrected chi connectivity index (χ3v) is 1.87. The number of terminal acetylenes is 1. The highest BCUT2D eigenvalue weighted by atomic mass is 16.5. The van der Waals surface area contributed by atoms with Crippen molar-refractivity contribution in [3.05, 3.63) is 0 Å². The van der Waals surface area contributed by atoms with E-state index in [9.17, 15) is 0 Å². The summed E-state index contributed by atoms with van der Waals surface area (Å²) in [6, 6.07) is 0. The van der Waals surface area contributed by atoms with Crippen LogP contribution in [0.5, 0.6) is 0 Å². The van der Waals surface area contributed by atoms with Crippen molar-refractivity contribution in [1.29, 1.82) is 0 Å². The average molecular weight is 239 g/mol. The molecule has 0 rings (SSSR count). The van der Waals surface area contributed by atoms with Gasteiger partial charge in [-0.2, -0.15) is 0 Å². The first-order chi connectivity index (χ1) is 8.20. The summed E-state index contributed by atoms with van der Waals surface area (Å²) in [5.74, 6) is 3.89. The van der Waals surface area contributed by atoms with E-state index in [1.165, 1.54) is 0 Å². The molecule has 17 heavy (non-hydrogen) atoms. The van der Waals surface area contributed by atoms with Crippen LogP contribution in [-0.2, 0) is 4.74 Å². The molecule has 0 aromatic carbocycles. The van der Waals surface area contributed by atoms with E-state index < -0.39 is 0 Å². The lowest BCUT2D eigenvalue weighted by atomic mass is 10.2. The van der Waals surface area contributed by atoms with Gasteiger partial charge in [-0.3, -0.25) is 4.99 Å². The normalized spacial score (nSPS) is 11.4. The number of nitrogens with one attached hydrogen (secondary N) is 2. The van der Waals surface area contributed by atoms with E-state index in [0.29, 0.717) is 12.5 Å². The minimum Gasteiger partial charge on any atom is -0.381 e. The SMILES string of the molecule is C#CCNC(=NCCCOCC(C)C)NCC. The molecule has 0 saturated heterocycles. The number of guanidine groups is 1. The van der Waals surface area contributed by atoms with Gasteiger partial charge in [0.2, 0.25) is 0 Å². The lowest BCUT2D eigenvalue weighted by molar-refractivity contribution is 0.109. The van der Waals surface area contributed by atoms with Crippen LogP contribution in [0.3, 0.4) is 0 Å². The largest absolute Gasteiger partial charge is 0.381 e. The second kappa shape index (κ2) is 11.3. The van der Waals surface area contributed by atoms with E-state index in [-0.39, 0.29) is 0 Å². The van der Waals surface area contributed by atoms with Crippen LogP contribution >= 0.6 is 0 Å². The van der Waals surface area contributed by atoms with Crippen molar-refractivity contribution >= 4 is 5.96 Å². The molecule has 0 aromatic heterocycles. The van der Waals surface area contributed by atoms with E-state index in [0.717, 1.165) is 38.7 Å². The molecule has 0 fully saturated rings. The topological polar surface area (TPSA) is 45.7 Å². The zero-order valence-electron chi connectivity index (χ0n) is 11.3. The highest BCUT2D eigenvalue weighted by Crippen LogP contribution is 1.93. The molecule has 0 unspecified atom stereocenters. The van der Waals surface area contributed by atoms with E-state index in [4.69, 9.17) is 11.2 Å². The second-order valence-electron chi connectivity index (χ2n) is 4.14. The molecule has 0 amide bonds. The van der Waals surface area contributed by atoms with Gasteiger partial charge in [-0.05, 0) is 19.3 Å². The van der Waals surface area contributed by atoms with Crippen LogP contribution in [0.25, 0.3) is 0 Å². The number of ether oxygens (including phenoxy) is 1. The van der Waals surface area contributed by atoms with E-state index >= 15 is 0 Å². The molecule has 0 aliphatic carbocycles. The summed E-state index contributed by atoms with van der Waals surface area (Å²) in [6.07, 6.45) is 6.11. The Labute approximate surface area is 105 Å². The zero-order valence-corrected chi connectivity index (χ0v) is 11.3. The number of hydrogen-bond acceptors (Lipinski definition) is 2. The fraction of sp³-hybridized carbons (Fsp3) is 0.769. The van der Waals surface area contributed by atoms with Crippen LogP contribution in [0.15, 0.2) is 4.99 Å². The molecule has 0 radical (unpaired) electrons. The maximum Gasteiger partial charge on any atom is 0.192 e. The van der Waals surface area contributed by atoms with Crippen molar-refractivity contribution in [3.63, 3.8) is 0 Å². The molecule has 0 saturated carbocycles. The van der Waals surface area contributed by atoms with Crippen molar-refractivity contribution in [2.45, 2.75) is 27.2 Å². The minimum atomic E-state index is 0.496. The molecule has 0 aromatic rings. The first kappa shape index (κ1) is 15.8. The molecule has 0 atom stereocenters. The summed E-state index contributed by atoms with van der Waals surface area (Å²) >= 11 is 0. The molecule has 0 spiro atoms. The van der Waals surface area contributed by atoms with Crippen molar-refractivity contribution < 1.29 is 4.74 Å². The third-order valence-electron chi connectivity index (χ3n) is 1.87. The van der Waals surface area contributed by atoms with Gasteiger partial charge < -0.3 is 15.4 Å². The quantitative estimate of drug-likeness (QED) is 0.290. The Balaban J connectivity index is 3.65. The Hall–Kier alpha value is -1.21. The standard InChI is InChI=1S/C13H25N3O/c1-5-8-15-13(14-6-2)16-9-7-10-17-11-12(3)4/h1,12H,6-11H2,2-4H3,(H2,14,15,16). The first-order valence-electron chi connectivity index (χ1n) is 6.24. The molecule has 4 heteroatoms. The summed E-state index contributed by atoms with van der Waals surface area (Å²) in [7, 11) is 0. The summed E-state index contributed by atoms with van der Waals surface area (Å²) in [5.41, 5.74) is 0. The highest BCUT2D eigenvalue weighted by molar-refractivity contribution is 5.79. The molecule has 98 valence electrons. The third kappa shape index (κ3) is 11.1. The van der Waals surface area contributed by atoms with Crippen molar-refractivity contribution in [1.82, 2.24) is 10.6 Å². The lowest BCUT2D eigenvalue weighted by Gasteiger charge is -2.09. The smallest absolute Gasteiger partial charge is 0.192 e. The number of nitrogens with zero attached hydrogens (tertiary/aromatic N) is 1. The summed E-state index contributed by atoms with van der Waals surface area (Å²) in [6.45, 7) is 9.97. The summed E-state index contributed by atoms with van der Waals surface area (Å²) in [4.78, 5) is 4.39. The highest BCUT2D eigenvalue weighted by Gasteiger charge is 1.95. The second-order valence-corrected chi connectivity index (χ2v) is 4.14. The van der Waals surface area contributed by atoms with Crippen molar-refractivity contribution in [2.75, 3.05) is 32.8 Å². The van der Waals surface area contributed by atoms with Gasteiger partial charge in [0.1, 0.15) is 0 Å². The molecule has 4 nitrogen and oxygen atoms in total. The maximum atomic E-state index is 5.48. The molecule has 0 aliphatic heterocycles. The van der Waals surface area contributed by atoms with Crippen LogP contribution in [0.4, 0.5) is 0 Å². The summed E-state index contributed by atoms with van der Waals surface area (Å²) in [5, 5.41) is 6.17. The minimum absolute atomic E-state index is 0.496. The van der Waals surface area contributed by atoms with Gasteiger partial charge in [0.25, 0.3) is 0 Å². The molecule has 0 aliphatic rings. The Bertz CT molecular complexity index is 244. The van der Waals surface area contributed by atoms with Crippen molar-refractivity contribution in [3.8, 4) is 12.3 Å². The predicted molar refractivity (Wildman–Crippen MR) is 73.1 cm³/mol. The van der Waals surface area contributed by atoms with E-state index in [2.05, 4.69) is 35.4 Å².